The molecule has 0 saturated carbocycles. The molecule has 0 spiro atoms. The highest BCUT2D eigenvalue weighted by atomic mass is 79.9. The number of benzene rings is 3. The Morgan fingerprint density at radius 2 is 1.82 bits per heavy atom. The molecule has 0 saturated heterocycles. The molecule has 168 valence electrons. The summed E-state index contributed by atoms with van der Waals surface area (Å²) in [6.45, 7) is 4.30. The lowest BCUT2D eigenvalue weighted by molar-refractivity contribution is 0.0998. The number of allylic oxidation sites excluding steroid dienone is 1. The number of rotatable bonds is 6. The van der Waals surface area contributed by atoms with Crippen LogP contribution in [0.3, 0.4) is 0 Å². The molecule has 9 heteroatoms. The van der Waals surface area contributed by atoms with Crippen molar-refractivity contribution in [3.63, 3.8) is 0 Å². The van der Waals surface area contributed by atoms with Gasteiger partial charge in [0.2, 0.25) is 0 Å². The van der Waals surface area contributed by atoms with Crippen LogP contribution in [-0.2, 0) is 16.6 Å². The Morgan fingerprint density at radius 1 is 1.12 bits per heavy atom. The van der Waals surface area contributed by atoms with Crippen LogP contribution >= 0.6 is 27.3 Å². The zero-order valence-electron chi connectivity index (χ0n) is 17.7. The summed E-state index contributed by atoms with van der Waals surface area (Å²) in [6.07, 6.45) is 1.75. The highest BCUT2D eigenvalue weighted by Gasteiger charge is 2.21. The minimum atomic E-state index is -3.76. The molecule has 6 nitrogen and oxygen atoms in total. The summed E-state index contributed by atoms with van der Waals surface area (Å²) in [5, 5.41) is 0. The van der Waals surface area contributed by atoms with Crippen molar-refractivity contribution in [2.24, 2.45) is 4.99 Å². The zero-order chi connectivity index (χ0) is 23.6. The minimum Gasteiger partial charge on any atom is -0.312 e. The molecule has 1 aromatic heterocycles. The van der Waals surface area contributed by atoms with E-state index in [1.165, 1.54) is 47.0 Å². The number of thiazole rings is 1. The number of carbonyl (C=O) groups excluding carboxylic acids is 1. The number of anilines is 1. The van der Waals surface area contributed by atoms with Crippen LogP contribution in [-0.4, -0.2) is 25.9 Å². The molecule has 0 aliphatic carbocycles. The van der Waals surface area contributed by atoms with Crippen molar-refractivity contribution in [2.75, 3.05) is 11.4 Å². The van der Waals surface area contributed by atoms with Crippen molar-refractivity contribution < 1.29 is 13.2 Å². The average molecular weight is 542 g/mol. The lowest BCUT2D eigenvalue weighted by Gasteiger charge is -2.19. The van der Waals surface area contributed by atoms with Crippen LogP contribution in [0.2, 0.25) is 0 Å². The molecule has 4 rings (SSSR count). The number of carbonyl (C=O) groups is 1. The molecule has 1 amide bonds. The second-order valence-electron chi connectivity index (χ2n) is 7.15. The van der Waals surface area contributed by atoms with Crippen molar-refractivity contribution in [1.82, 2.24) is 4.57 Å². The fourth-order valence-corrected chi connectivity index (χ4v) is 6.08. The van der Waals surface area contributed by atoms with Gasteiger partial charge in [0.05, 0.1) is 20.8 Å². The summed E-state index contributed by atoms with van der Waals surface area (Å²) >= 11 is 4.87. The summed E-state index contributed by atoms with van der Waals surface area (Å²) < 4.78 is 31.0. The van der Waals surface area contributed by atoms with Gasteiger partial charge in [-0.3, -0.25) is 9.10 Å². The van der Waals surface area contributed by atoms with Gasteiger partial charge in [0.1, 0.15) is 0 Å². The van der Waals surface area contributed by atoms with E-state index in [1.54, 1.807) is 30.3 Å². The third kappa shape index (κ3) is 4.71. The van der Waals surface area contributed by atoms with E-state index >= 15 is 0 Å². The predicted molar refractivity (Wildman–Crippen MR) is 136 cm³/mol. The van der Waals surface area contributed by atoms with E-state index in [2.05, 4.69) is 27.5 Å². The number of hydrogen-bond acceptors (Lipinski definition) is 4. The second-order valence-corrected chi connectivity index (χ2v) is 11.0. The summed E-state index contributed by atoms with van der Waals surface area (Å²) in [4.78, 5) is 17.8. The number of amides is 1. The molecule has 0 aliphatic rings. The summed E-state index contributed by atoms with van der Waals surface area (Å²) in [5.74, 6) is -0.446. The average Bonchev–Trinajstić information content (AvgIpc) is 3.15. The van der Waals surface area contributed by atoms with Gasteiger partial charge in [-0.05, 0) is 54.6 Å². The largest absolute Gasteiger partial charge is 0.312 e. The molecule has 0 fully saturated rings. The summed E-state index contributed by atoms with van der Waals surface area (Å²) in [7, 11) is -2.26. The van der Waals surface area contributed by atoms with Gasteiger partial charge in [0, 0.05) is 23.6 Å². The minimum absolute atomic E-state index is 0.0961. The van der Waals surface area contributed by atoms with Gasteiger partial charge in [-0.15, -0.1) is 6.58 Å². The molecule has 0 aliphatic heterocycles. The molecular weight excluding hydrogens is 522 g/mol. The summed E-state index contributed by atoms with van der Waals surface area (Å²) in [6, 6.07) is 20.5. The maximum Gasteiger partial charge on any atom is 0.279 e. The number of sulfonamides is 1. The fourth-order valence-electron chi connectivity index (χ4n) is 3.29. The highest BCUT2D eigenvalue weighted by molar-refractivity contribution is 9.10. The smallest absolute Gasteiger partial charge is 0.279 e. The monoisotopic (exact) mass is 541 g/mol. The maximum atomic E-state index is 13.0. The zero-order valence-corrected chi connectivity index (χ0v) is 20.9. The highest BCUT2D eigenvalue weighted by Crippen LogP contribution is 2.23. The molecule has 0 unspecified atom stereocenters. The molecule has 0 bridgehead atoms. The number of aromatic nitrogens is 1. The molecule has 0 atom stereocenters. The van der Waals surface area contributed by atoms with Crippen LogP contribution in [0.5, 0.6) is 0 Å². The molecule has 0 N–H and O–H groups in total. The van der Waals surface area contributed by atoms with Crippen LogP contribution in [0.4, 0.5) is 5.69 Å². The van der Waals surface area contributed by atoms with Crippen LogP contribution in [0.15, 0.2) is 99.8 Å². The summed E-state index contributed by atoms with van der Waals surface area (Å²) in [5.41, 5.74) is 1.82. The lowest BCUT2D eigenvalue weighted by atomic mass is 10.2. The number of nitrogens with zero attached hydrogens (tertiary/aromatic N) is 3. The Morgan fingerprint density at radius 3 is 2.48 bits per heavy atom. The van der Waals surface area contributed by atoms with Crippen LogP contribution < -0.4 is 9.11 Å². The molecule has 1 heterocycles. The predicted octanol–water partition coefficient (Wildman–Crippen LogP) is 5.22. The third-order valence-corrected chi connectivity index (χ3v) is 8.37. The van der Waals surface area contributed by atoms with E-state index in [4.69, 9.17) is 0 Å². The van der Waals surface area contributed by atoms with Crippen LogP contribution in [0.1, 0.15) is 10.4 Å². The Bertz CT molecular complexity index is 1510. The first kappa shape index (κ1) is 23.2. The number of hydrogen-bond donors (Lipinski definition) is 0. The quantitative estimate of drug-likeness (QED) is 0.314. The Labute approximate surface area is 204 Å². The van der Waals surface area contributed by atoms with Crippen molar-refractivity contribution in [3.05, 3.63) is 100 Å². The number of fused-ring (bicyclic) bond motifs is 1. The van der Waals surface area contributed by atoms with Crippen molar-refractivity contribution in [2.45, 2.75) is 11.4 Å². The first-order valence-corrected chi connectivity index (χ1v) is 13.0. The van der Waals surface area contributed by atoms with Gasteiger partial charge in [-0.25, -0.2) is 8.42 Å². The normalized spacial score (nSPS) is 12.1. The molecular formula is C24H20BrN3O3S2. The van der Waals surface area contributed by atoms with E-state index in [0.29, 0.717) is 22.6 Å². The van der Waals surface area contributed by atoms with Gasteiger partial charge in [0.25, 0.3) is 15.9 Å². The van der Waals surface area contributed by atoms with Crippen molar-refractivity contribution >= 4 is 59.1 Å². The van der Waals surface area contributed by atoms with E-state index in [-0.39, 0.29) is 4.90 Å². The van der Waals surface area contributed by atoms with Crippen molar-refractivity contribution in [1.29, 1.82) is 0 Å². The number of para-hydroxylation sites is 1. The maximum absolute atomic E-state index is 13.0. The Kier molecular flexibility index (Phi) is 6.64. The van der Waals surface area contributed by atoms with E-state index in [1.807, 2.05) is 28.8 Å². The third-order valence-electron chi connectivity index (χ3n) is 5.03. The lowest BCUT2D eigenvalue weighted by Crippen LogP contribution is -2.26. The van der Waals surface area contributed by atoms with Gasteiger partial charge in [0.15, 0.2) is 4.80 Å². The van der Waals surface area contributed by atoms with Crippen LogP contribution in [0.25, 0.3) is 10.2 Å². The van der Waals surface area contributed by atoms with Crippen LogP contribution in [0, 0.1) is 0 Å². The molecule has 4 aromatic rings. The Balaban J connectivity index is 1.66. The molecule has 3 aromatic carbocycles. The van der Waals surface area contributed by atoms with Gasteiger partial charge >= 0.3 is 0 Å². The topological polar surface area (TPSA) is 71.7 Å². The van der Waals surface area contributed by atoms with E-state index in [0.717, 1.165) is 14.7 Å². The van der Waals surface area contributed by atoms with E-state index < -0.39 is 15.9 Å². The Hall–Kier alpha value is -3.01. The standard InChI is InChI=1S/C24H20BrN3O3S2/c1-3-15-28-21-14-11-18(25)16-22(21)32-24(28)26-23(29)17-9-12-20(13-10-17)33(30,31)27(2)19-7-5-4-6-8-19/h3-14,16H,1,15H2,2H3. The van der Waals surface area contributed by atoms with Gasteiger partial charge in [-0.2, -0.15) is 4.99 Å². The van der Waals surface area contributed by atoms with Gasteiger partial charge in [-0.1, -0.05) is 51.5 Å². The second kappa shape index (κ2) is 9.46. The van der Waals surface area contributed by atoms with E-state index in [9.17, 15) is 13.2 Å². The molecule has 33 heavy (non-hydrogen) atoms. The number of halogens is 1. The van der Waals surface area contributed by atoms with Crippen molar-refractivity contribution in [3.8, 4) is 0 Å². The SMILES string of the molecule is C=CCn1c(=NC(=O)c2ccc(S(=O)(=O)N(C)c3ccccc3)cc2)sc2cc(Br)ccc21. The first-order chi connectivity index (χ1) is 15.8. The van der Waals surface area contributed by atoms with Gasteiger partial charge < -0.3 is 4.57 Å². The fraction of sp³-hybridized carbons (Fsp3) is 0.0833. The first-order valence-electron chi connectivity index (χ1n) is 9.94. The molecule has 0 radical (unpaired) electrons.